The van der Waals surface area contributed by atoms with Gasteiger partial charge in [0.05, 0.1) is 22.0 Å². The van der Waals surface area contributed by atoms with Crippen molar-refractivity contribution < 1.29 is 25.6 Å². The Bertz CT molecular complexity index is 550. The van der Waals surface area contributed by atoms with Gasteiger partial charge in [-0.15, -0.1) is 0 Å². The van der Waals surface area contributed by atoms with Gasteiger partial charge in [-0.3, -0.25) is 0 Å². The predicted molar refractivity (Wildman–Crippen MR) is 91.1 cm³/mol. The second-order valence-electron chi connectivity index (χ2n) is 7.12. The fraction of sp³-hybridized carbons (Fsp3) is 1.00. The normalized spacial score (nSPS) is 32.6. The first-order valence-electron chi connectivity index (χ1n) is 8.95. The quantitative estimate of drug-likeness (QED) is 0.630. The summed E-state index contributed by atoms with van der Waals surface area (Å²) >= 11 is 0. The smallest absolute Gasteiger partial charge is 0.156 e. The highest BCUT2D eigenvalue weighted by Gasteiger charge is 2.37. The number of unbranched alkanes of at least 4 members (excludes halogenated alkanes) is 1. The van der Waals surface area contributed by atoms with E-state index in [-0.39, 0.29) is 37.2 Å². The molecule has 0 N–H and O–H groups in total. The maximum Gasteiger partial charge on any atom is 0.156 e. The van der Waals surface area contributed by atoms with Crippen LogP contribution in [0.5, 0.6) is 0 Å². The van der Waals surface area contributed by atoms with Crippen LogP contribution in [0.15, 0.2) is 0 Å². The third kappa shape index (κ3) is 5.13. The summed E-state index contributed by atoms with van der Waals surface area (Å²) in [5, 5.41) is -1.87. The summed E-state index contributed by atoms with van der Waals surface area (Å²) in [4.78, 5) is 0. The topological polar surface area (TPSA) is 68.3 Å². The fourth-order valence-corrected chi connectivity index (χ4v) is 7.86. The van der Waals surface area contributed by atoms with E-state index in [1.165, 1.54) is 0 Å². The third-order valence-electron chi connectivity index (χ3n) is 5.27. The van der Waals surface area contributed by atoms with Crippen LogP contribution in [-0.2, 0) is 19.7 Å². The molecule has 0 aromatic carbocycles. The molecule has 2 rings (SSSR count). The molecular weight excluding hydrogens is 358 g/mol. The van der Waals surface area contributed by atoms with Crippen molar-refractivity contribution in [3.63, 3.8) is 0 Å². The zero-order valence-electron chi connectivity index (χ0n) is 14.0. The molecule has 2 fully saturated rings. The van der Waals surface area contributed by atoms with Gasteiger partial charge in [0.15, 0.2) is 19.7 Å². The summed E-state index contributed by atoms with van der Waals surface area (Å²) in [6.07, 6.45) is 1.94. The number of alkyl halides is 2. The molecule has 0 aromatic heterocycles. The van der Waals surface area contributed by atoms with Crippen LogP contribution in [0.4, 0.5) is 8.78 Å². The molecule has 4 unspecified atom stereocenters. The van der Waals surface area contributed by atoms with Gasteiger partial charge >= 0.3 is 0 Å². The van der Waals surface area contributed by atoms with Crippen LogP contribution >= 0.6 is 0 Å². The third-order valence-corrected chi connectivity index (χ3v) is 9.90. The maximum absolute atomic E-state index is 13.8. The van der Waals surface area contributed by atoms with Gasteiger partial charge in [-0.25, -0.2) is 25.6 Å². The van der Waals surface area contributed by atoms with E-state index in [0.29, 0.717) is 12.8 Å². The van der Waals surface area contributed by atoms with Gasteiger partial charge in [-0.2, -0.15) is 0 Å². The van der Waals surface area contributed by atoms with E-state index < -0.39 is 42.5 Å². The zero-order valence-corrected chi connectivity index (χ0v) is 15.6. The van der Waals surface area contributed by atoms with E-state index in [4.69, 9.17) is 0 Å². The van der Waals surface area contributed by atoms with Crippen molar-refractivity contribution in [1.82, 2.24) is 0 Å². The van der Waals surface area contributed by atoms with Gasteiger partial charge in [0.25, 0.3) is 0 Å². The standard InChI is InChI=1S/C16H28F2O4S2/c17-13-7-1-3-9-15(13)23(19,20)11-5-6-12-24(21,22)16-10-4-2-8-14(16)18/h13-16H,1-12H2. The summed E-state index contributed by atoms with van der Waals surface area (Å²) in [5.74, 6) is -0.366. The molecule has 0 heterocycles. The highest BCUT2D eigenvalue weighted by atomic mass is 32.2. The van der Waals surface area contributed by atoms with Crippen LogP contribution in [0, 0.1) is 0 Å². The molecule has 24 heavy (non-hydrogen) atoms. The molecule has 2 aliphatic carbocycles. The summed E-state index contributed by atoms with van der Waals surface area (Å²) in [6.45, 7) is 0. The largest absolute Gasteiger partial charge is 0.246 e. The fourth-order valence-electron chi connectivity index (χ4n) is 3.82. The molecule has 4 nitrogen and oxygen atoms in total. The van der Waals surface area contributed by atoms with Crippen molar-refractivity contribution in [3.8, 4) is 0 Å². The Morgan fingerprint density at radius 2 is 0.958 bits per heavy atom. The van der Waals surface area contributed by atoms with Crippen molar-refractivity contribution in [1.29, 1.82) is 0 Å². The number of rotatable bonds is 7. The number of hydrogen-bond donors (Lipinski definition) is 0. The molecule has 2 saturated carbocycles. The summed E-state index contributed by atoms with van der Waals surface area (Å²) < 4.78 is 76.5. The number of sulfone groups is 2. The van der Waals surface area contributed by atoms with Gasteiger partial charge in [-0.05, 0) is 38.5 Å². The first-order valence-corrected chi connectivity index (χ1v) is 12.4. The lowest BCUT2D eigenvalue weighted by Gasteiger charge is -2.26. The van der Waals surface area contributed by atoms with E-state index in [0.717, 1.165) is 25.7 Å². The second-order valence-corrected chi connectivity index (χ2v) is 11.8. The Kier molecular flexibility index (Phi) is 7.05. The second kappa shape index (κ2) is 8.43. The van der Waals surface area contributed by atoms with E-state index in [2.05, 4.69) is 0 Å². The molecule has 0 radical (unpaired) electrons. The predicted octanol–water partition coefficient (Wildman–Crippen LogP) is 3.16. The zero-order chi connectivity index (χ0) is 17.8. The Hall–Kier alpha value is -0.240. The van der Waals surface area contributed by atoms with E-state index in [9.17, 15) is 25.6 Å². The van der Waals surface area contributed by atoms with Gasteiger partial charge in [0, 0.05) is 0 Å². The van der Waals surface area contributed by atoms with Crippen LogP contribution in [0.2, 0.25) is 0 Å². The minimum Gasteiger partial charge on any atom is -0.246 e. The lowest BCUT2D eigenvalue weighted by atomic mass is 9.98. The van der Waals surface area contributed by atoms with Gasteiger partial charge in [-0.1, -0.05) is 25.7 Å². The molecule has 0 amide bonds. The monoisotopic (exact) mass is 386 g/mol. The Balaban J connectivity index is 1.81. The first-order chi connectivity index (χ1) is 11.2. The highest BCUT2D eigenvalue weighted by molar-refractivity contribution is 7.92. The average molecular weight is 387 g/mol. The minimum absolute atomic E-state index is 0.183. The molecule has 0 spiro atoms. The van der Waals surface area contributed by atoms with Crippen molar-refractivity contribution >= 4 is 19.7 Å². The number of hydrogen-bond acceptors (Lipinski definition) is 4. The molecule has 0 saturated heterocycles. The minimum atomic E-state index is -3.53. The first kappa shape index (κ1) is 20.1. The molecule has 8 heteroatoms. The molecule has 4 atom stereocenters. The summed E-state index contributed by atoms with van der Waals surface area (Å²) in [5.41, 5.74) is 0. The number of halogens is 2. The Labute approximate surface area is 144 Å². The highest BCUT2D eigenvalue weighted by Crippen LogP contribution is 2.29. The van der Waals surface area contributed by atoms with Crippen LogP contribution in [0.25, 0.3) is 0 Å². The SMILES string of the molecule is O=S(=O)(CCCCS(=O)(=O)C1CCCCC1F)C1CCCCC1F. The Morgan fingerprint density at radius 1 is 0.625 bits per heavy atom. The lowest BCUT2D eigenvalue weighted by Crippen LogP contribution is -2.37. The summed E-state index contributed by atoms with van der Waals surface area (Å²) in [6, 6.07) is 0. The molecule has 142 valence electrons. The van der Waals surface area contributed by atoms with Gasteiger partial charge < -0.3 is 0 Å². The molecule has 0 bridgehead atoms. The Morgan fingerprint density at radius 3 is 1.29 bits per heavy atom. The maximum atomic E-state index is 13.8. The molecule has 0 aromatic rings. The molecular formula is C16H28F2O4S2. The van der Waals surface area contributed by atoms with Crippen LogP contribution < -0.4 is 0 Å². The lowest BCUT2D eigenvalue weighted by molar-refractivity contribution is 0.252. The summed E-state index contributed by atoms with van der Waals surface area (Å²) in [7, 11) is -7.06. The van der Waals surface area contributed by atoms with E-state index >= 15 is 0 Å². The van der Waals surface area contributed by atoms with Crippen LogP contribution in [0.1, 0.15) is 64.2 Å². The van der Waals surface area contributed by atoms with Crippen LogP contribution in [-0.4, -0.2) is 51.2 Å². The molecule has 2 aliphatic rings. The van der Waals surface area contributed by atoms with E-state index in [1.807, 2.05) is 0 Å². The van der Waals surface area contributed by atoms with Gasteiger partial charge in [0.2, 0.25) is 0 Å². The van der Waals surface area contributed by atoms with Crippen molar-refractivity contribution in [2.45, 2.75) is 87.1 Å². The molecule has 0 aliphatic heterocycles. The average Bonchev–Trinajstić information content (AvgIpc) is 2.52. The van der Waals surface area contributed by atoms with Crippen molar-refractivity contribution in [2.75, 3.05) is 11.5 Å². The van der Waals surface area contributed by atoms with Crippen molar-refractivity contribution in [2.24, 2.45) is 0 Å². The van der Waals surface area contributed by atoms with Gasteiger partial charge in [0.1, 0.15) is 12.3 Å². The van der Waals surface area contributed by atoms with Crippen LogP contribution in [0.3, 0.4) is 0 Å². The van der Waals surface area contributed by atoms with E-state index in [1.54, 1.807) is 0 Å². The van der Waals surface area contributed by atoms with Crippen molar-refractivity contribution in [3.05, 3.63) is 0 Å².